The van der Waals surface area contributed by atoms with Crippen molar-refractivity contribution in [3.63, 3.8) is 0 Å². The molecule has 0 bridgehead atoms. The van der Waals surface area contributed by atoms with Gasteiger partial charge in [-0.2, -0.15) is 0 Å². The quantitative estimate of drug-likeness (QED) is 0.169. The van der Waals surface area contributed by atoms with Crippen molar-refractivity contribution in [2.24, 2.45) is 5.41 Å². The lowest BCUT2D eigenvalue weighted by Gasteiger charge is -2.29. The average molecular weight is 621 g/mol. The van der Waals surface area contributed by atoms with Gasteiger partial charge in [-0.05, 0) is 133 Å². The molecule has 0 unspecified atom stereocenters. The predicted molar refractivity (Wildman–Crippen MR) is 212 cm³/mol. The van der Waals surface area contributed by atoms with Gasteiger partial charge in [0.2, 0.25) is 0 Å². The second-order valence-electron chi connectivity index (χ2n) is 14.6. The Kier molecular flexibility index (Phi) is 5.27. The van der Waals surface area contributed by atoms with E-state index in [2.05, 4.69) is 172 Å². The average Bonchev–Trinajstić information content (AvgIpc) is 3.51. The molecule has 0 heterocycles. The lowest BCUT2D eigenvalue weighted by Crippen LogP contribution is -2.28. The van der Waals surface area contributed by atoms with Gasteiger partial charge in [0, 0.05) is 5.41 Å². The molecule has 0 spiro atoms. The van der Waals surface area contributed by atoms with Gasteiger partial charge in [-0.1, -0.05) is 147 Å². The van der Waals surface area contributed by atoms with E-state index >= 15 is 0 Å². The fourth-order valence-corrected chi connectivity index (χ4v) is 9.20. The summed E-state index contributed by atoms with van der Waals surface area (Å²) in [5.74, 6) is 0. The first-order chi connectivity index (χ1) is 24.0. The molecule has 0 N–H and O–H groups in total. The van der Waals surface area contributed by atoms with Crippen molar-refractivity contribution >= 4 is 81.9 Å². The number of allylic oxidation sites excluding steroid dienone is 4. The number of benzene rings is 9. The van der Waals surface area contributed by atoms with Crippen molar-refractivity contribution in [1.29, 1.82) is 0 Å². The maximum Gasteiger partial charge on any atom is 0.00965 e. The van der Waals surface area contributed by atoms with E-state index in [0.29, 0.717) is 0 Å². The Labute approximate surface area is 284 Å². The minimum atomic E-state index is -0.119. The molecule has 0 amide bonds. The van der Waals surface area contributed by atoms with Crippen LogP contribution in [0, 0.1) is 5.41 Å². The molecule has 49 heavy (non-hydrogen) atoms. The van der Waals surface area contributed by atoms with Crippen LogP contribution in [0.1, 0.15) is 19.4 Å². The standard InChI is InChI=1S/C49H32/c1-49(2)28-36(29-14-16-30(17-15-29)37-22-20-33-19-18-31-8-7-9-32-21-23-42(37)47(33)46(31)32)25-35-24-34-26-44-40-12-5-3-10-38(40)39-11-4-6-13-41(39)45(44)27-43(34)48(35)49/h3-28H,1-2H3. The molecular weight excluding hydrogens is 589 g/mol. The smallest absolute Gasteiger partial charge is 0.00965 e. The molecular formula is C49H32. The monoisotopic (exact) mass is 620 g/mol. The Morgan fingerprint density at radius 2 is 0.980 bits per heavy atom. The summed E-state index contributed by atoms with van der Waals surface area (Å²) in [6, 6.07) is 52.2. The number of hydrogen-bond donors (Lipinski definition) is 0. The zero-order valence-corrected chi connectivity index (χ0v) is 27.5. The fraction of sp³-hybridized carbons (Fsp3) is 0.0612. The maximum atomic E-state index is 2.47. The van der Waals surface area contributed by atoms with Crippen molar-refractivity contribution in [3.8, 4) is 11.1 Å². The van der Waals surface area contributed by atoms with Crippen molar-refractivity contribution in [1.82, 2.24) is 0 Å². The molecule has 2 aliphatic rings. The molecule has 0 saturated carbocycles. The third-order valence-corrected chi connectivity index (χ3v) is 11.3. The van der Waals surface area contributed by atoms with Gasteiger partial charge in [0.15, 0.2) is 0 Å². The van der Waals surface area contributed by atoms with Crippen molar-refractivity contribution in [2.45, 2.75) is 13.8 Å². The second kappa shape index (κ2) is 9.56. The van der Waals surface area contributed by atoms with Crippen LogP contribution in [-0.2, 0) is 0 Å². The highest BCUT2D eigenvalue weighted by atomic mass is 14.3. The van der Waals surface area contributed by atoms with Crippen molar-refractivity contribution in [2.75, 3.05) is 0 Å². The SMILES string of the molecule is CC1(C)C=C(c2ccc(-c3ccc4ccc5cccc6ccc3c4c56)cc2)C=C2C=c3cc4c5ccccc5c5ccccc5c4cc3=C21. The normalized spacial score (nSPS) is 15.3. The summed E-state index contributed by atoms with van der Waals surface area (Å²) in [5.41, 5.74) is 7.72. The summed E-state index contributed by atoms with van der Waals surface area (Å²) in [6.07, 6.45) is 7.30. The van der Waals surface area contributed by atoms with Gasteiger partial charge in [-0.15, -0.1) is 0 Å². The molecule has 0 aromatic heterocycles. The van der Waals surface area contributed by atoms with Gasteiger partial charge in [-0.3, -0.25) is 0 Å². The zero-order valence-electron chi connectivity index (χ0n) is 27.5. The zero-order chi connectivity index (χ0) is 32.4. The minimum absolute atomic E-state index is 0.119. The van der Waals surface area contributed by atoms with E-state index in [9.17, 15) is 0 Å². The molecule has 0 heteroatoms. The summed E-state index contributed by atoms with van der Waals surface area (Å²) in [7, 11) is 0. The lowest BCUT2D eigenvalue weighted by molar-refractivity contribution is 0.647. The Morgan fingerprint density at radius 3 is 1.67 bits per heavy atom. The summed E-state index contributed by atoms with van der Waals surface area (Å²) in [4.78, 5) is 0. The van der Waals surface area contributed by atoms with E-state index in [1.807, 2.05) is 0 Å². The van der Waals surface area contributed by atoms with Gasteiger partial charge in [0.05, 0.1) is 0 Å². The first-order valence-corrected chi connectivity index (χ1v) is 17.3. The molecule has 0 nitrogen and oxygen atoms in total. The molecule has 9 aromatic rings. The lowest BCUT2D eigenvalue weighted by atomic mass is 9.74. The van der Waals surface area contributed by atoms with Crippen LogP contribution in [0.2, 0.25) is 0 Å². The first-order valence-electron chi connectivity index (χ1n) is 17.3. The van der Waals surface area contributed by atoms with E-state index in [1.165, 1.54) is 108 Å². The van der Waals surface area contributed by atoms with E-state index in [-0.39, 0.29) is 5.41 Å². The summed E-state index contributed by atoms with van der Waals surface area (Å²) in [6.45, 7) is 4.75. The summed E-state index contributed by atoms with van der Waals surface area (Å²) in [5, 5.41) is 18.6. The van der Waals surface area contributed by atoms with Gasteiger partial charge in [0.25, 0.3) is 0 Å². The molecule has 9 aromatic carbocycles. The van der Waals surface area contributed by atoms with Crippen LogP contribution in [0.15, 0.2) is 157 Å². The molecule has 0 saturated heterocycles. The van der Waals surface area contributed by atoms with E-state index < -0.39 is 0 Å². The fourth-order valence-electron chi connectivity index (χ4n) is 9.20. The molecule has 0 atom stereocenters. The van der Waals surface area contributed by atoms with E-state index in [0.717, 1.165) is 0 Å². The summed E-state index contributed by atoms with van der Waals surface area (Å²) < 4.78 is 0. The number of hydrogen-bond acceptors (Lipinski definition) is 0. The highest BCUT2D eigenvalue weighted by Crippen LogP contribution is 2.45. The van der Waals surface area contributed by atoms with E-state index in [1.54, 1.807) is 0 Å². The van der Waals surface area contributed by atoms with Crippen LogP contribution in [0.4, 0.5) is 0 Å². The van der Waals surface area contributed by atoms with Crippen LogP contribution in [0.5, 0.6) is 0 Å². The minimum Gasteiger partial charge on any atom is -0.0665 e. The van der Waals surface area contributed by atoms with Gasteiger partial charge in [0.1, 0.15) is 0 Å². The molecule has 0 fully saturated rings. The molecule has 0 radical (unpaired) electrons. The molecule has 2 aliphatic carbocycles. The molecule has 0 aliphatic heterocycles. The third kappa shape index (κ3) is 3.75. The van der Waals surface area contributed by atoms with Crippen molar-refractivity contribution < 1.29 is 0 Å². The Balaban J connectivity index is 1.04. The van der Waals surface area contributed by atoms with Gasteiger partial charge in [-0.25, -0.2) is 0 Å². The second-order valence-corrected chi connectivity index (χ2v) is 14.6. The number of rotatable bonds is 2. The Hall–Kier alpha value is -5.98. The van der Waals surface area contributed by atoms with Crippen LogP contribution in [0.3, 0.4) is 0 Å². The van der Waals surface area contributed by atoms with Gasteiger partial charge >= 0.3 is 0 Å². The van der Waals surface area contributed by atoms with Crippen molar-refractivity contribution in [3.05, 3.63) is 173 Å². The van der Waals surface area contributed by atoms with Crippen LogP contribution < -0.4 is 10.4 Å². The highest BCUT2D eigenvalue weighted by Gasteiger charge is 2.31. The summed E-state index contributed by atoms with van der Waals surface area (Å²) >= 11 is 0. The predicted octanol–water partition coefficient (Wildman–Crippen LogP) is 11.7. The highest BCUT2D eigenvalue weighted by molar-refractivity contribution is 6.26. The molecule has 11 rings (SSSR count). The number of fused-ring (bicyclic) bond motifs is 8. The van der Waals surface area contributed by atoms with Crippen LogP contribution in [-0.4, -0.2) is 0 Å². The maximum absolute atomic E-state index is 2.47. The Bertz CT molecular complexity index is 3080. The molecule has 228 valence electrons. The largest absolute Gasteiger partial charge is 0.0665 e. The Morgan fingerprint density at radius 1 is 0.408 bits per heavy atom. The van der Waals surface area contributed by atoms with Gasteiger partial charge < -0.3 is 0 Å². The third-order valence-electron chi connectivity index (χ3n) is 11.3. The van der Waals surface area contributed by atoms with Crippen LogP contribution in [0.25, 0.3) is 93.0 Å². The van der Waals surface area contributed by atoms with Crippen LogP contribution >= 0.6 is 0 Å². The first kappa shape index (κ1) is 27.0. The van der Waals surface area contributed by atoms with E-state index in [4.69, 9.17) is 0 Å². The topological polar surface area (TPSA) is 0 Å².